The molecule has 0 saturated carbocycles. The van der Waals surface area contributed by atoms with E-state index in [-0.39, 0.29) is 17.8 Å². The van der Waals surface area contributed by atoms with Crippen molar-refractivity contribution in [3.8, 4) is 0 Å². The van der Waals surface area contributed by atoms with Crippen molar-refractivity contribution >= 4 is 21.6 Å². The maximum Gasteiger partial charge on any atom is 0.259 e. The van der Waals surface area contributed by atoms with Gasteiger partial charge >= 0.3 is 0 Å². The fourth-order valence-electron chi connectivity index (χ4n) is 3.83. The summed E-state index contributed by atoms with van der Waals surface area (Å²) in [4.78, 5) is 24.8. The highest BCUT2D eigenvalue weighted by atomic mass is 32.1. The van der Waals surface area contributed by atoms with Gasteiger partial charge in [0.25, 0.3) is 5.56 Å². The van der Waals surface area contributed by atoms with Gasteiger partial charge in [-0.15, -0.1) is 11.3 Å². The molecular weight excluding hydrogens is 402 g/mol. The van der Waals surface area contributed by atoms with Crippen LogP contribution in [0.4, 0.5) is 0 Å². The van der Waals surface area contributed by atoms with Crippen molar-refractivity contribution in [2.24, 2.45) is 5.92 Å². The number of H-pyrrole nitrogens is 1. The number of methoxy groups -OCH3 is 1. The summed E-state index contributed by atoms with van der Waals surface area (Å²) in [5.41, 5.74) is 0.844. The van der Waals surface area contributed by atoms with Gasteiger partial charge in [-0.25, -0.2) is 4.98 Å². The quantitative estimate of drug-likeness (QED) is 0.627. The molecular formula is C22H35N3O4S. The van der Waals surface area contributed by atoms with E-state index < -0.39 is 6.10 Å². The number of hydrogen-bond donors (Lipinski definition) is 2. The summed E-state index contributed by atoms with van der Waals surface area (Å²) in [6.07, 6.45) is 2.48. The zero-order valence-corrected chi connectivity index (χ0v) is 19.6. The van der Waals surface area contributed by atoms with Gasteiger partial charge in [-0.2, -0.15) is 0 Å². The molecule has 30 heavy (non-hydrogen) atoms. The third-order valence-electron chi connectivity index (χ3n) is 5.38. The van der Waals surface area contributed by atoms with Crippen molar-refractivity contribution in [2.45, 2.75) is 65.2 Å². The van der Waals surface area contributed by atoms with Gasteiger partial charge < -0.3 is 19.6 Å². The minimum Gasteiger partial charge on any atom is -0.389 e. The van der Waals surface area contributed by atoms with Gasteiger partial charge in [0.1, 0.15) is 10.7 Å². The molecule has 168 valence electrons. The molecule has 8 heteroatoms. The van der Waals surface area contributed by atoms with Crippen molar-refractivity contribution < 1.29 is 14.6 Å². The highest BCUT2D eigenvalue weighted by Crippen LogP contribution is 2.35. The monoisotopic (exact) mass is 437 g/mol. The van der Waals surface area contributed by atoms with E-state index in [2.05, 4.69) is 11.9 Å². The summed E-state index contributed by atoms with van der Waals surface area (Å²) in [6, 6.07) is 0. The number of thiophene rings is 1. The number of nitrogens with one attached hydrogen (secondary N) is 1. The van der Waals surface area contributed by atoms with Crippen molar-refractivity contribution in [3.05, 3.63) is 26.6 Å². The minimum absolute atomic E-state index is 0.0506. The summed E-state index contributed by atoms with van der Waals surface area (Å²) in [6.45, 7) is 10.4. The van der Waals surface area contributed by atoms with Gasteiger partial charge in [-0.3, -0.25) is 9.69 Å². The van der Waals surface area contributed by atoms with Crippen LogP contribution in [-0.4, -0.2) is 65.1 Å². The number of aromatic nitrogens is 2. The summed E-state index contributed by atoms with van der Waals surface area (Å²) in [5, 5.41) is 11.2. The maximum absolute atomic E-state index is 12.8. The molecule has 0 spiro atoms. The first-order valence-electron chi connectivity index (χ1n) is 10.7. The highest BCUT2D eigenvalue weighted by Gasteiger charge is 2.24. The van der Waals surface area contributed by atoms with E-state index in [9.17, 15) is 9.90 Å². The second-order valence-electron chi connectivity index (χ2n) is 9.35. The molecule has 0 aromatic carbocycles. The molecule has 7 nitrogen and oxygen atoms in total. The number of aryl methyl sites for hydroxylation is 1. The maximum atomic E-state index is 12.8. The van der Waals surface area contributed by atoms with Crippen LogP contribution in [0.15, 0.2) is 4.79 Å². The third kappa shape index (κ3) is 6.11. The summed E-state index contributed by atoms with van der Waals surface area (Å²) >= 11 is 1.66. The first-order valence-corrected chi connectivity index (χ1v) is 11.5. The zero-order valence-electron chi connectivity index (χ0n) is 18.8. The first kappa shape index (κ1) is 23.3. The number of aromatic amines is 1. The fraction of sp³-hybridized carbons (Fsp3) is 0.727. The van der Waals surface area contributed by atoms with E-state index in [1.165, 1.54) is 10.4 Å². The number of aliphatic hydroxyl groups excluding tert-OH is 1. The molecule has 2 aromatic heterocycles. The number of nitrogens with zero attached hydrogens (tertiary/aromatic N) is 2. The Hall–Kier alpha value is -1.32. The lowest BCUT2D eigenvalue weighted by Gasteiger charge is -2.27. The van der Waals surface area contributed by atoms with Crippen molar-refractivity contribution in [2.75, 3.05) is 33.4 Å². The molecule has 2 unspecified atom stereocenters. The SMILES string of the molecule is COCCN(Cc1nc2sc3c(c2c(=O)[nH]1)CCC(C)C3)CC(O)COC(C)(C)C. The predicted molar refractivity (Wildman–Crippen MR) is 120 cm³/mol. The van der Waals surface area contributed by atoms with Gasteiger partial charge in [0.15, 0.2) is 0 Å². The number of hydrogen-bond acceptors (Lipinski definition) is 7. The molecule has 0 amide bonds. The number of fused-ring (bicyclic) bond motifs is 3. The summed E-state index contributed by atoms with van der Waals surface area (Å²) < 4.78 is 10.9. The molecule has 2 heterocycles. The molecule has 1 aliphatic rings. The van der Waals surface area contributed by atoms with E-state index in [1.54, 1.807) is 18.4 Å². The van der Waals surface area contributed by atoms with E-state index in [0.29, 0.717) is 38.0 Å². The van der Waals surface area contributed by atoms with Crippen LogP contribution in [0.2, 0.25) is 0 Å². The Bertz CT molecular complexity index is 902. The molecule has 3 rings (SSSR count). The van der Waals surface area contributed by atoms with Crippen LogP contribution in [0, 0.1) is 5.92 Å². The molecule has 2 N–H and O–H groups in total. The van der Waals surface area contributed by atoms with E-state index in [0.717, 1.165) is 29.5 Å². The predicted octanol–water partition coefficient (Wildman–Crippen LogP) is 2.73. The number of rotatable bonds is 9. The summed E-state index contributed by atoms with van der Waals surface area (Å²) in [7, 11) is 1.65. The zero-order chi connectivity index (χ0) is 21.9. The highest BCUT2D eigenvalue weighted by molar-refractivity contribution is 7.18. The molecule has 0 aliphatic heterocycles. The van der Waals surface area contributed by atoms with Gasteiger partial charge in [-0.1, -0.05) is 6.92 Å². The van der Waals surface area contributed by atoms with Crippen LogP contribution in [0.5, 0.6) is 0 Å². The average molecular weight is 438 g/mol. The Labute approximate surface area is 182 Å². The Morgan fingerprint density at radius 2 is 2.17 bits per heavy atom. The number of ether oxygens (including phenoxy) is 2. The lowest BCUT2D eigenvalue weighted by molar-refractivity contribution is -0.0578. The van der Waals surface area contributed by atoms with Crippen LogP contribution >= 0.6 is 11.3 Å². The Morgan fingerprint density at radius 1 is 1.40 bits per heavy atom. The smallest absolute Gasteiger partial charge is 0.259 e. The van der Waals surface area contributed by atoms with Gasteiger partial charge in [-0.05, 0) is 51.5 Å². The van der Waals surface area contributed by atoms with Gasteiger partial charge in [0, 0.05) is 25.1 Å². The largest absolute Gasteiger partial charge is 0.389 e. The molecule has 0 fully saturated rings. The van der Waals surface area contributed by atoms with Crippen LogP contribution in [0.1, 0.15) is 50.4 Å². The van der Waals surface area contributed by atoms with E-state index in [4.69, 9.17) is 14.5 Å². The fourth-order valence-corrected chi connectivity index (χ4v) is 5.23. The van der Waals surface area contributed by atoms with Crippen molar-refractivity contribution in [1.82, 2.24) is 14.9 Å². The minimum atomic E-state index is -0.632. The second-order valence-corrected chi connectivity index (χ2v) is 10.4. The van der Waals surface area contributed by atoms with Crippen molar-refractivity contribution in [3.63, 3.8) is 0 Å². The van der Waals surface area contributed by atoms with Crippen LogP contribution < -0.4 is 5.56 Å². The van der Waals surface area contributed by atoms with Crippen LogP contribution in [0.3, 0.4) is 0 Å². The van der Waals surface area contributed by atoms with E-state index in [1.807, 2.05) is 25.7 Å². The standard InChI is InChI=1S/C22H35N3O4S/c1-14-6-7-16-17(10-14)30-21-19(16)20(27)23-18(24-21)12-25(8-9-28-5)11-15(26)13-29-22(2,3)4/h14-15,26H,6-13H2,1-5H3,(H,23,24,27). The first-order chi connectivity index (χ1) is 14.2. The molecule has 0 radical (unpaired) electrons. The van der Waals surface area contributed by atoms with E-state index >= 15 is 0 Å². The Balaban J connectivity index is 1.76. The third-order valence-corrected chi connectivity index (χ3v) is 6.53. The van der Waals surface area contributed by atoms with Crippen LogP contribution in [0.25, 0.3) is 10.2 Å². The number of aliphatic hydroxyl groups is 1. The average Bonchev–Trinajstić information content (AvgIpc) is 3.01. The lowest BCUT2D eigenvalue weighted by atomic mass is 9.89. The van der Waals surface area contributed by atoms with Gasteiger partial charge in [0.05, 0.1) is 36.8 Å². The lowest BCUT2D eigenvalue weighted by Crippen LogP contribution is -2.38. The van der Waals surface area contributed by atoms with Gasteiger partial charge in [0.2, 0.25) is 0 Å². The molecule has 0 bridgehead atoms. The molecule has 2 aromatic rings. The normalized spacial score (nSPS) is 18.2. The Kier molecular flexibility index (Phi) is 7.68. The molecule has 0 saturated heterocycles. The van der Waals surface area contributed by atoms with Crippen LogP contribution in [-0.2, 0) is 28.9 Å². The molecule has 1 aliphatic carbocycles. The molecule has 2 atom stereocenters. The van der Waals surface area contributed by atoms with Crippen molar-refractivity contribution in [1.29, 1.82) is 0 Å². The second kappa shape index (κ2) is 9.87. The topological polar surface area (TPSA) is 87.7 Å². The Morgan fingerprint density at radius 3 is 2.87 bits per heavy atom. The summed E-state index contributed by atoms with van der Waals surface area (Å²) in [5.74, 6) is 1.28.